The summed E-state index contributed by atoms with van der Waals surface area (Å²) in [7, 11) is 0. The molecule has 0 radical (unpaired) electrons. The van der Waals surface area contributed by atoms with Crippen LogP contribution in [0.25, 0.3) is 111 Å². The maximum absolute atomic E-state index is 6.77. The Hall–Kier alpha value is -8.35. The van der Waals surface area contributed by atoms with Crippen molar-refractivity contribution in [2.75, 3.05) is 0 Å². The standard InChI is InChI=1S/C55H33N5O/c1-4-16-34(17-5-1)53-56-54(35-18-6-2-7-19-35)58-55(57-53)60-45-27-13-11-23-40(45)50-38(24-14-28-46(50)60)36-30-31-48-42(32-36)43-33-47-51(41-25-15-29-49(61-48)52(41)43)39-22-10-12-26-44(39)59(47)37-20-8-3-9-21-37/h1-33H. The van der Waals surface area contributed by atoms with E-state index in [9.17, 15) is 0 Å². The van der Waals surface area contributed by atoms with Crippen LogP contribution in [-0.4, -0.2) is 24.1 Å². The molecule has 13 rings (SSSR count). The van der Waals surface area contributed by atoms with Crippen molar-refractivity contribution in [2.45, 2.75) is 0 Å². The largest absolute Gasteiger partial charge is 0.456 e. The van der Waals surface area contributed by atoms with E-state index in [4.69, 9.17) is 19.7 Å². The molecule has 0 fully saturated rings. The van der Waals surface area contributed by atoms with Crippen molar-refractivity contribution in [2.24, 2.45) is 0 Å². The Morgan fingerprint density at radius 1 is 0.328 bits per heavy atom. The van der Waals surface area contributed by atoms with Crippen LogP contribution in [0.4, 0.5) is 0 Å². The topological polar surface area (TPSA) is 57.8 Å². The number of rotatable bonds is 5. The zero-order chi connectivity index (χ0) is 40.0. The van der Waals surface area contributed by atoms with Crippen molar-refractivity contribution in [1.29, 1.82) is 0 Å². The molecule has 9 aromatic carbocycles. The van der Waals surface area contributed by atoms with E-state index in [1.54, 1.807) is 0 Å². The van der Waals surface area contributed by atoms with Gasteiger partial charge in [0.05, 0.1) is 22.1 Å². The molecule has 0 N–H and O–H groups in total. The van der Waals surface area contributed by atoms with Gasteiger partial charge in [-0.05, 0) is 76.7 Å². The molecule has 12 aromatic rings. The lowest BCUT2D eigenvalue weighted by molar-refractivity contribution is 0.487. The molecule has 0 saturated carbocycles. The molecule has 61 heavy (non-hydrogen) atoms. The summed E-state index contributed by atoms with van der Waals surface area (Å²) in [5, 5.41) is 7.00. The molecule has 0 unspecified atom stereocenters. The number of nitrogens with zero attached hydrogens (tertiary/aromatic N) is 5. The van der Waals surface area contributed by atoms with Crippen LogP contribution in [0.5, 0.6) is 11.5 Å². The summed E-state index contributed by atoms with van der Waals surface area (Å²) in [6.45, 7) is 0. The summed E-state index contributed by atoms with van der Waals surface area (Å²) in [6, 6.07) is 70.2. The zero-order valence-corrected chi connectivity index (χ0v) is 32.7. The van der Waals surface area contributed by atoms with Gasteiger partial charge in [0.2, 0.25) is 5.95 Å². The monoisotopic (exact) mass is 779 g/mol. The molecule has 284 valence electrons. The van der Waals surface area contributed by atoms with Gasteiger partial charge >= 0.3 is 0 Å². The van der Waals surface area contributed by atoms with Crippen LogP contribution in [0.1, 0.15) is 0 Å². The van der Waals surface area contributed by atoms with Crippen LogP contribution >= 0.6 is 0 Å². The average molecular weight is 780 g/mol. The van der Waals surface area contributed by atoms with E-state index in [2.05, 4.69) is 149 Å². The first-order valence-corrected chi connectivity index (χ1v) is 20.5. The lowest BCUT2D eigenvalue weighted by Crippen LogP contribution is -2.06. The maximum Gasteiger partial charge on any atom is 0.238 e. The van der Waals surface area contributed by atoms with Gasteiger partial charge in [0, 0.05) is 49.3 Å². The third-order valence-electron chi connectivity index (χ3n) is 12.2. The molecule has 0 spiro atoms. The first-order chi connectivity index (χ1) is 30.3. The summed E-state index contributed by atoms with van der Waals surface area (Å²) < 4.78 is 11.4. The fourth-order valence-electron chi connectivity index (χ4n) is 9.55. The molecule has 0 atom stereocenters. The Morgan fingerprint density at radius 3 is 1.64 bits per heavy atom. The zero-order valence-electron chi connectivity index (χ0n) is 32.7. The van der Waals surface area contributed by atoms with Gasteiger partial charge in [0.25, 0.3) is 0 Å². The van der Waals surface area contributed by atoms with E-state index in [0.29, 0.717) is 17.6 Å². The molecule has 3 aromatic heterocycles. The summed E-state index contributed by atoms with van der Waals surface area (Å²) in [6.07, 6.45) is 0. The molecular weight excluding hydrogens is 747 g/mol. The van der Waals surface area contributed by atoms with Crippen LogP contribution in [0.2, 0.25) is 0 Å². The first kappa shape index (κ1) is 33.6. The smallest absolute Gasteiger partial charge is 0.238 e. The minimum absolute atomic E-state index is 0.566. The maximum atomic E-state index is 6.77. The van der Waals surface area contributed by atoms with Crippen LogP contribution < -0.4 is 4.74 Å². The fraction of sp³-hybridized carbons (Fsp3) is 0. The Morgan fingerprint density at radius 2 is 0.918 bits per heavy atom. The predicted octanol–water partition coefficient (Wildman–Crippen LogP) is 14.0. The molecule has 6 heteroatoms. The quantitative estimate of drug-likeness (QED) is 0.175. The van der Waals surface area contributed by atoms with E-state index in [1.807, 2.05) is 60.7 Å². The van der Waals surface area contributed by atoms with Crippen molar-refractivity contribution in [3.63, 3.8) is 0 Å². The van der Waals surface area contributed by atoms with Gasteiger partial charge in [-0.2, -0.15) is 9.97 Å². The van der Waals surface area contributed by atoms with Crippen molar-refractivity contribution in [1.82, 2.24) is 24.1 Å². The molecule has 0 bridgehead atoms. The predicted molar refractivity (Wildman–Crippen MR) is 248 cm³/mol. The van der Waals surface area contributed by atoms with Crippen LogP contribution in [0.3, 0.4) is 0 Å². The van der Waals surface area contributed by atoms with Crippen molar-refractivity contribution < 1.29 is 4.74 Å². The lowest BCUT2D eigenvalue weighted by Gasteiger charge is -2.23. The third-order valence-corrected chi connectivity index (χ3v) is 12.2. The number of benzene rings is 9. The molecule has 1 aliphatic rings. The summed E-state index contributed by atoms with van der Waals surface area (Å²) >= 11 is 0. The SMILES string of the molecule is c1ccc(-c2nc(-c3ccccc3)nc(-n3c4ccccc4c4c(-c5ccc6c(c5)-c5cc7c(c8cccc(c58)O6)c5ccccc5n7-c5ccccc5)cccc43)n2)cc1. The van der Waals surface area contributed by atoms with Crippen molar-refractivity contribution in [3.8, 4) is 68.2 Å². The molecule has 0 saturated heterocycles. The molecule has 4 heterocycles. The first-order valence-electron chi connectivity index (χ1n) is 20.5. The lowest BCUT2D eigenvalue weighted by atomic mass is 9.89. The van der Waals surface area contributed by atoms with Crippen LogP contribution in [0, 0.1) is 0 Å². The molecule has 0 aliphatic carbocycles. The molecule has 6 nitrogen and oxygen atoms in total. The number of ether oxygens (including phenoxy) is 1. The minimum Gasteiger partial charge on any atom is -0.456 e. The van der Waals surface area contributed by atoms with Crippen LogP contribution in [0.15, 0.2) is 200 Å². The number of hydrogen-bond acceptors (Lipinski definition) is 4. The normalized spacial score (nSPS) is 12.1. The summed E-state index contributed by atoms with van der Waals surface area (Å²) in [5.41, 5.74) is 11.8. The van der Waals surface area contributed by atoms with Gasteiger partial charge < -0.3 is 9.30 Å². The number of aromatic nitrogens is 5. The van der Waals surface area contributed by atoms with Gasteiger partial charge in [-0.3, -0.25) is 4.57 Å². The highest BCUT2D eigenvalue weighted by molar-refractivity contribution is 6.26. The van der Waals surface area contributed by atoms with Crippen LogP contribution in [-0.2, 0) is 0 Å². The highest BCUT2D eigenvalue weighted by Gasteiger charge is 2.26. The van der Waals surface area contributed by atoms with Crippen molar-refractivity contribution >= 4 is 54.4 Å². The second-order valence-corrected chi connectivity index (χ2v) is 15.6. The van der Waals surface area contributed by atoms with Gasteiger partial charge in [-0.15, -0.1) is 0 Å². The van der Waals surface area contributed by atoms with Gasteiger partial charge in [0.15, 0.2) is 11.6 Å². The summed E-state index contributed by atoms with van der Waals surface area (Å²) in [5.74, 6) is 3.52. The highest BCUT2D eigenvalue weighted by atomic mass is 16.5. The fourth-order valence-corrected chi connectivity index (χ4v) is 9.55. The number of hydrogen-bond donors (Lipinski definition) is 0. The van der Waals surface area contributed by atoms with E-state index < -0.39 is 0 Å². The van der Waals surface area contributed by atoms with E-state index in [0.717, 1.165) is 83.3 Å². The molecule has 1 aliphatic heterocycles. The summed E-state index contributed by atoms with van der Waals surface area (Å²) in [4.78, 5) is 15.3. The second kappa shape index (κ2) is 13.1. The Kier molecular flexibility index (Phi) is 7.21. The van der Waals surface area contributed by atoms with E-state index >= 15 is 0 Å². The number of para-hydroxylation sites is 3. The van der Waals surface area contributed by atoms with Crippen molar-refractivity contribution in [3.05, 3.63) is 200 Å². The Labute approximate surface area is 350 Å². The second-order valence-electron chi connectivity index (χ2n) is 15.6. The third kappa shape index (κ3) is 5.06. The van der Waals surface area contributed by atoms with Gasteiger partial charge in [-0.25, -0.2) is 4.98 Å². The minimum atomic E-state index is 0.566. The van der Waals surface area contributed by atoms with Gasteiger partial charge in [0.1, 0.15) is 11.5 Å². The van der Waals surface area contributed by atoms with E-state index in [-0.39, 0.29) is 0 Å². The number of fused-ring (bicyclic) bond motifs is 9. The Balaban J connectivity index is 1.05. The average Bonchev–Trinajstić information content (AvgIpc) is 3.85. The molecule has 0 amide bonds. The Bertz CT molecular complexity index is 3660. The highest BCUT2D eigenvalue weighted by Crippen LogP contribution is 2.52. The van der Waals surface area contributed by atoms with Gasteiger partial charge in [-0.1, -0.05) is 146 Å². The molecular formula is C55H33N5O. The van der Waals surface area contributed by atoms with E-state index in [1.165, 1.54) is 21.7 Å².